The molecule has 0 saturated carbocycles. The van der Waals surface area contributed by atoms with Crippen LogP contribution in [0.15, 0.2) is 53.9 Å². The number of nitrogens with zero attached hydrogens (tertiary/aromatic N) is 5. The predicted molar refractivity (Wildman–Crippen MR) is 113 cm³/mol. The Morgan fingerprint density at radius 3 is 2.57 bits per heavy atom. The van der Waals surface area contributed by atoms with Crippen molar-refractivity contribution in [2.75, 3.05) is 34.9 Å². The van der Waals surface area contributed by atoms with E-state index in [1.54, 1.807) is 18.5 Å². The quantitative estimate of drug-likeness (QED) is 0.445. The molecular weight excluding hydrogens is 374 g/mol. The number of pyridine rings is 1. The number of amides is 1. The van der Waals surface area contributed by atoms with Crippen LogP contribution in [0.4, 0.5) is 11.4 Å². The van der Waals surface area contributed by atoms with Gasteiger partial charge in [0.1, 0.15) is 0 Å². The van der Waals surface area contributed by atoms with Crippen molar-refractivity contribution in [2.45, 2.75) is 19.0 Å². The van der Waals surface area contributed by atoms with Crippen LogP contribution in [0, 0.1) is 0 Å². The molecule has 0 spiro atoms. The van der Waals surface area contributed by atoms with E-state index in [0.717, 1.165) is 30.0 Å². The number of nitrogens with two attached hydrogens (primary N) is 1. The van der Waals surface area contributed by atoms with E-state index in [0.29, 0.717) is 11.0 Å². The van der Waals surface area contributed by atoms with E-state index < -0.39 is 0 Å². The minimum absolute atomic E-state index is 0.133. The van der Waals surface area contributed by atoms with Gasteiger partial charge in [0.2, 0.25) is 11.1 Å². The summed E-state index contributed by atoms with van der Waals surface area (Å²) in [5.41, 5.74) is 2.66. The Morgan fingerprint density at radius 2 is 1.93 bits per heavy atom. The first-order valence-corrected chi connectivity index (χ1v) is 9.99. The molecule has 1 amide bonds. The zero-order valence-corrected chi connectivity index (χ0v) is 16.7. The lowest BCUT2D eigenvalue weighted by Crippen LogP contribution is -2.21. The number of anilines is 2. The lowest BCUT2D eigenvalue weighted by atomic mass is 10.2. The number of carbonyl (C=O) groups excluding carboxylic acids is 1. The monoisotopic (exact) mass is 397 g/mol. The topological polar surface area (TPSA) is 102 Å². The molecule has 0 radical (unpaired) electrons. The molecule has 146 valence electrons. The summed E-state index contributed by atoms with van der Waals surface area (Å²) in [6.07, 6.45) is 3.34. The molecule has 3 rings (SSSR count). The smallest absolute Gasteiger partial charge is 0.234 e. The number of nitrogens with one attached hydrogen (secondary N) is 1. The molecule has 3 aromatic rings. The normalized spacial score (nSPS) is 10.6. The number of aromatic nitrogens is 4. The molecule has 8 nitrogen and oxygen atoms in total. The van der Waals surface area contributed by atoms with E-state index in [4.69, 9.17) is 5.84 Å². The molecule has 0 atom stereocenters. The number of hydrogen-bond donors (Lipinski definition) is 2. The standard InChI is InChI=1S/C19H23N7OS/c1-3-25(4-2)16-9-7-15(8-10-16)22-17(27)13-28-19-24-23-18(26(19)20)14-6-5-11-21-12-14/h5-12H,3-4,13,20H2,1-2H3,(H,22,27). The second-order valence-electron chi connectivity index (χ2n) is 5.97. The van der Waals surface area contributed by atoms with Gasteiger partial charge in [0, 0.05) is 42.4 Å². The highest BCUT2D eigenvalue weighted by Crippen LogP contribution is 2.21. The SMILES string of the molecule is CCN(CC)c1ccc(NC(=O)CSc2nnc(-c3cccnc3)n2N)cc1. The van der Waals surface area contributed by atoms with Crippen LogP contribution in [-0.2, 0) is 4.79 Å². The molecule has 2 aromatic heterocycles. The lowest BCUT2D eigenvalue weighted by Gasteiger charge is -2.21. The molecule has 0 aliphatic carbocycles. The van der Waals surface area contributed by atoms with E-state index in [1.807, 2.05) is 30.3 Å². The van der Waals surface area contributed by atoms with Gasteiger partial charge < -0.3 is 16.1 Å². The van der Waals surface area contributed by atoms with Crippen molar-refractivity contribution in [3.05, 3.63) is 48.8 Å². The van der Waals surface area contributed by atoms with Crippen molar-refractivity contribution in [1.29, 1.82) is 0 Å². The average Bonchev–Trinajstić information content (AvgIpc) is 3.09. The first-order valence-electron chi connectivity index (χ1n) is 9.01. The number of benzene rings is 1. The minimum atomic E-state index is -0.133. The number of hydrogen-bond acceptors (Lipinski definition) is 7. The van der Waals surface area contributed by atoms with Crippen LogP contribution in [-0.4, -0.2) is 44.6 Å². The third-order valence-corrected chi connectivity index (χ3v) is 5.14. The second kappa shape index (κ2) is 9.23. The Bertz CT molecular complexity index is 908. The molecule has 0 aliphatic heterocycles. The van der Waals surface area contributed by atoms with Crippen LogP contribution < -0.4 is 16.1 Å². The summed E-state index contributed by atoms with van der Waals surface area (Å²) >= 11 is 1.23. The Balaban J connectivity index is 1.57. The fourth-order valence-corrected chi connectivity index (χ4v) is 3.40. The largest absolute Gasteiger partial charge is 0.372 e. The van der Waals surface area contributed by atoms with Crippen molar-refractivity contribution in [3.8, 4) is 11.4 Å². The van der Waals surface area contributed by atoms with Crippen molar-refractivity contribution in [1.82, 2.24) is 19.9 Å². The maximum atomic E-state index is 12.3. The van der Waals surface area contributed by atoms with Gasteiger partial charge >= 0.3 is 0 Å². The van der Waals surface area contributed by atoms with Crippen LogP contribution in [0.3, 0.4) is 0 Å². The second-order valence-corrected chi connectivity index (χ2v) is 6.92. The van der Waals surface area contributed by atoms with E-state index in [-0.39, 0.29) is 11.7 Å². The van der Waals surface area contributed by atoms with E-state index in [1.165, 1.54) is 16.4 Å². The third-order valence-electron chi connectivity index (χ3n) is 4.20. The molecule has 3 N–H and O–H groups in total. The van der Waals surface area contributed by atoms with E-state index >= 15 is 0 Å². The maximum Gasteiger partial charge on any atom is 0.234 e. The number of nitrogen functional groups attached to an aromatic ring is 1. The zero-order chi connectivity index (χ0) is 19.9. The zero-order valence-electron chi connectivity index (χ0n) is 15.9. The first kappa shape index (κ1) is 19.7. The summed E-state index contributed by atoms with van der Waals surface area (Å²) in [7, 11) is 0. The number of thioether (sulfide) groups is 1. The number of rotatable bonds is 8. The Kier molecular flexibility index (Phi) is 6.49. The Labute approximate surface area is 168 Å². The third kappa shape index (κ3) is 4.61. The van der Waals surface area contributed by atoms with Crippen LogP contribution in [0.1, 0.15) is 13.8 Å². The van der Waals surface area contributed by atoms with Gasteiger partial charge in [-0.1, -0.05) is 11.8 Å². The Morgan fingerprint density at radius 1 is 1.18 bits per heavy atom. The van der Waals surface area contributed by atoms with Gasteiger partial charge in [-0.2, -0.15) is 0 Å². The highest BCUT2D eigenvalue weighted by atomic mass is 32.2. The van der Waals surface area contributed by atoms with Gasteiger partial charge in [-0.05, 0) is 50.2 Å². The molecule has 0 aliphatic rings. The fraction of sp³-hybridized carbons (Fsp3) is 0.263. The predicted octanol–water partition coefficient (Wildman–Crippen LogP) is 2.63. The summed E-state index contributed by atoms with van der Waals surface area (Å²) < 4.78 is 1.37. The molecule has 0 fully saturated rings. The van der Waals surface area contributed by atoms with Crippen LogP contribution in [0.5, 0.6) is 0 Å². The molecule has 0 bridgehead atoms. The summed E-state index contributed by atoms with van der Waals surface area (Å²) in [5, 5.41) is 11.5. The van der Waals surface area contributed by atoms with Gasteiger partial charge in [0.15, 0.2) is 5.82 Å². The lowest BCUT2D eigenvalue weighted by molar-refractivity contribution is -0.113. The maximum absolute atomic E-state index is 12.3. The first-order chi connectivity index (χ1) is 13.6. The van der Waals surface area contributed by atoms with E-state index in [9.17, 15) is 4.79 Å². The van der Waals surface area contributed by atoms with Gasteiger partial charge in [0.25, 0.3) is 0 Å². The minimum Gasteiger partial charge on any atom is -0.372 e. The fourth-order valence-electron chi connectivity index (χ4n) is 2.74. The van der Waals surface area contributed by atoms with Crippen LogP contribution in [0.25, 0.3) is 11.4 Å². The highest BCUT2D eigenvalue weighted by Gasteiger charge is 2.14. The molecule has 0 saturated heterocycles. The van der Waals surface area contributed by atoms with Gasteiger partial charge in [-0.3, -0.25) is 9.78 Å². The van der Waals surface area contributed by atoms with Crippen LogP contribution in [0.2, 0.25) is 0 Å². The van der Waals surface area contributed by atoms with Crippen molar-refractivity contribution < 1.29 is 4.79 Å². The van der Waals surface area contributed by atoms with Gasteiger partial charge in [-0.25, -0.2) is 4.68 Å². The summed E-state index contributed by atoms with van der Waals surface area (Å²) in [6, 6.07) is 11.5. The molecule has 1 aromatic carbocycles. The van der Waals surface area contributed by atoms with E-state index in [2.05, 4.69) is 39.2 Å². The molecule has 9 heteroatoms. The van der Waals surface area contributed by atoms with Crippen molar-refractivity contribution in [3.63, 3.8) is 0 Å². The summed E-state index contributed by atoms with van der Waals surface area (Å²) in [4.78, 5) is 18.5. The van der Waals surface area contributed by atoms with Gasteiger partial charge in [-0.15, -0.1) is 10.2 Å². The molecule has 0 unspecified atom stereocenters. The van der Waals surface area contributed by atoms with Crippen molar-refractivity contribution >= 4 is 29.0 Å². The summed E-state index contributed by atoms with van der Waals surface area (Å²) in [5.74, 6) is 6.60. The van der Waals surface area contributed by atoms with Crippen LogP contribution >= 0.6 is 11.8 Å². The molecular formula is C19H23N7OS. The average molecular weight is 398 g/mol. The Hall–Kier alpha value is -3.07. The highest BCUT2D eigenvalue weighted by molar-refractivity contribution is 7.99. The number of carbonyl (C=O) groups is 1. The summed E-state index contributed by atoms with van der Waals surface area (Å²) in [6.45, 7) is 6.12. The molecule has 28 heavy (non-hydrogen) atoms. The molecule has 2 heterocycles. The van der Waals surface area contributed by atoms with Gasteiger partial charge in [0.05, 0.1) is 5.75 Å². The van der Waals surface area contributed by atoms with Crippen molar-refractivity contribution in [2.24, 2.45) is 0 Å².